The van der Waals surface area contributed by atoms with Crippen molar-refractivity contribution in [2.75, 3.05) is 5.32 Å². The number of benzene rings is 2. The van der Waals surface area contributed by atoms with Crippen molar-refractivity contribution in [3.05, 3.63) is 77.0 Å². The molecule has 1 amide bonds. The zero-order valence-electron chi connectivity index (χ0n) is 13.3. The van der Waals surface area contributed by atoms with Crippen LogP contribution >= 0.6 is 0 Å². The van der Waals surface area contributed by atoms with Crippen LogP contribution in [0, 0.1) is 25.2 Å². The molecule has 23 heavy (non-hydrogen) atoms. The fraction of sp³-hybridized carbons (Fsp3) is 0.158. The number of hydrogen-bond acceptors (Lipinski definition) is 3. The summed E-state index contributed by atoms with van der Waals surface area (Å²) in [6.07, 6.45) is 1.43. The summed E-state index contributed by atoms with van der Waals surface area (Å²) in [5.41, 5.74) is 4.22. The van der Waals surface area contributed by atoms with Crippen LogP contribution in [0.1, 0.15) is 16.7 Å². The molecule has 2 aromatic carbocycles. The molecule has 116 valence electrons. The topological polar surface area (TPSA) is 64.9 Å². The third kappa shape index (κ3) is 4.72. The third-order valence-electron chi connectivity index (χ3n) is 3.55. The predicted octanol–water partition coefficient (Wildman–Crippen LogP) is 3.44. The minimum atomic E-state index is -0.396. The van der Waals surface area contributed by atoms with E-state index in [0.29, 0.717) is 6.54 Å². The molecular weight excluding hydrogens is 286 g/mol. The first kappa shape index (κ1) is 16.3. The van der Waals surface area contributed by atoms with E-state index in [2.05, 4.69) is 10.6 Å². The second-order valence-corrected chi connectivity index (χ2v) is 5.28. The van der Waals surface area contributed by atoms with Gasteiger partial charge in [0.05, 0.1) is 0 Å². The molecule has 0 aliphatic rings. The van der Waals surface area contributed by atoms with Crippen LogP contribution < -0.4 is 10.6 Å². The van der Waals surface area contributed by atoms with E-state index in [1.807, 2.05) is 68.4 Å². The lowest BCUT2D eigenvalue weighted by molar-refractivity contribution is -0.117. The minimum absolute atomic E-state index is 0.0409. The van der Waals surface area contributed by atoms with Gasteiger partial charge >= 0.3 is 0 Å². The molecule has 0 saturated carbocycles. The number of carbonyl (C=O) groups excluding carboxylic acids is 1. The SMILES string of the molecule is Cc1ccc(N/C=C(/C#N)C(=O)NCc2ccccc2)cc1C. The van der Waals surface area contributed by atoms with Gasteiger partial charge < -0.3 is 10.6 Å². The van der Waals surface area contributed by atoms with Crippen molar-refractivity contribution in [1.29, 1.82) is 5.26 Å². The average molecular weight is 305 g/mol. The summed E-state index contributed by atoms with van der Waals surface area (Å²) < 4.78 is 0. The lowest BCUT2D eigenvalue weighted by Gasteiger charge is -2.07. The zero-order chi connectivity index (χ0) is 16.7. The number of nitrogens with zero attached hydrogens (tertiary/aromatic N) is 1. The van der Waals surface area contributed by atoms with E-state index in [9.17, 15) is 4.79 Å². The maximum Gasteiger partial charge on any atom is 0.263 e. The first-order valence-corrected chi connectivity index (χ1v) is 7.36. The smallest absolute Gasteiger partial charge is 0.263 e. The monoisotopic (exact) mass is 305 g/mol. The van der Waals surface area contributed by atoms with Crippen LogP contribution in [-0.2, 0) is 11.3 Å². The molecule has 4 nitrogen and oxygen atoms in total. The Morgan fingerprint density at radius 3 is 2.52 bits per heavy atom. The van der Waals surface area contributed by atoms with Gasteiger partial charge in [-0.05, 0) is 42.7 Å². The number of nitriles is 1. The van der Waals surface area contributed by atoms with Crippen LogP contribution in [0.5, 0.6) is 0 Å². The molecule has 0 saturated heterocycles. The second kappa shape index (κ2) is 7.81. The summed E-state index contributed by atoms with van der Waals surface area (Å²) in [5.74, 6) is -0.396. The second-order valence-electron chi connectivity index (χ2n) is 5.28. The van der Waals surface area contributed by atoms with Crippen LogP contribution in [0.4, 0.5) is 5.69 Å². The maximum atomic E-state index is 12.0. The molecule has 0 spiro atoms. The Labute approximate surface area is 136 Å². The molecule has 0 heterocycles. The standard InChI is InChI=1S/C19H19N3O/c1-14-8-9-18(10-15(14)2)21-13-17(11-20)19(23)22-12-16-6-4-3-5-7-16/h3-10,13,21H,12H2,1-2H3,(H,22,23)/b17-13-. The highest BCUT2D eigenvalue weighted by Gasteiger charge is 2.08. The van der Waals surface area contributed by atoms with Crippen LogP contribution in [0.3, 0.4) is 0 Å². The van der Waals surface area contributed by atoms with Gasteiger partial charge in [0.2, 0.25) is 0 Å². The van der Waals surface area contributed by atoms with Gasteiger partial charge in [-0.25, -0.2) is 0 Å². The molecule has 0 unspecified atom stereocenters. The first-order chi connectivity index (χ1) is 11.1. The van der Waals surface area contributed by atoms with Crippen molar-refractivity contribution in [1.82, 2.24) is 5.32 Å². The lowest BCUT2D eigenvalue weighted by Crippen LogP contribution is -2.24. The molecular formula is C19H19N3O. The molecule has 2 rings (SSSR count). The van der Waals surface area contributed by atoms with E-state index < -0.39 is 5.91 Å². The van der Waals surface area contributed by atoms with E-state index in [1.54, 1.807) is 0 Å². The summed E-state index contributed by atoms with van der Waals surface area (Å²) in [5, 5.41) is 14.9. The highest BCUT2D eigenvalue weighted by Crippen LogP contribution is 2.14. The molecule has 4 heteroatoms. The average Bonchev–Trinajstić information content (AvgIpc) is 2.57. The number of amides is 1. The number of anilines is 1. The Balaban J connectivity index is 1.99. The van der Waals surface area contributed by atoms with Crippen molar-refractivity contribution >= 4 is 11.6 Å². The van der Waals surface area contributed by atoms with Gasteiger partial charge in [-0.1, -0.05) is 36.4 Å². The molecule has 0 aliphatic heterocycles. The van der Waals surface area contributed by atoms with Gasteiger partial charge in [-0.3, -0.25) is 4.79 Å². The van der Waals surface area contributed by atoms with Gasteiger partial charge in [0.15, 0.2) is 0 Å². The van der Waals surface area contributed by atoms with Gasteiger partial charge in [-0.15, -0.1) is 0 Å². The quantitative estimate of drug-likeness (QED) is 0.657. The number of aryl methyl sites for hydroxylation is 2. The molecule has 0 aromatic heterocycles. The van der Waals surface area contributed by atoms with Crippen LogP contribution in [0.15, 0.2) is 60.3 Å². The van der Waals surface area contributed by atoms with E-state index in [4.69, 9.17) is 5.26 Å². The fourth-order valence-corrected chi connectivity index (χ4v) is 2.01. The number of nitrogens with one attached hydrogen (secondary N) is 2. The fourth-order valence-electron chi connectivity index (χ4n) is 2.01. The molecule has 0 atom stereocenters. The largest absolute Gasteiger partial charge is 0.360 e. The van der Waals surface area contributed by atoms with Crippen molar-refractivity contribution in [3.8, 4) is 6.07 Å². The van der Waals surface area contributed by atoms with Gasteiger partial charge in [0.25, 0.3) is 5.91 Å². The van der Waals surface area contributed by atoms with Crippen molar-refractivity contribution < 1.29 is 4.79 Å². The summed E-state index contributed by atoms with van der Waals surface area (Å²) >= 11 is 0. The van der Waals surface area contributed by atoms with E-state index >= 15 is 0 Å². The van der Waals surface area contributed by atoms with E-state index in [0.717, 1.165) is 16.8 Å². The predicted molar refractivity (Wildman–Crippen MR) is 91.5 cm³/mol. The number of carbonyl (C=O) groups is 1. The molecule has 2 N–H and O–H groups in total. The molecule has 0 radical (unpaired) electrons. The molecule has 2 aromatic rings. The summed E-state index contributed by atoms with van der Waals surface area (Å²) in [4.78, 5) is 12.0. The van der Waals surface area contributed by atoms with Crippen molar-refractivity contribution in [3.63, 3.8) is 0 Å². The molecule has 0 aliphatic carbocycles. The number of hydrogen-bond donors (Lipinski definition) is 2. The molecule has 0 fully saturated rings. The minimum Gasteiger partial charge on any atom is -0.360 e. The lowest BCUT2D eigenvalue weighted by atomic mass is 10.1. The van der Waals surface area contributed by atoms with Gasteiger partial charge in [-0.2, -0.15) is 5.26 Å². The van der Waals surface area contributed by atoms with Crippen LogP contribution in [0.25, 0.3) is 0 Å². The normalized spacial score (nSPS) is 10.7. The number of rotatable bonds is 5. The van der Waals surface area contributed by atoms with Crippen molar-refractivity contribution in [2.24, 2.45) is 0 Å². The van der Waals surface area contributed by atoms with E-state index in [1.165, 1.54) is 11.8 Å². The van der Waals surface area contributed by atoms with Crippen LogP contribution in [-0.4, -0.2) is 5.91 Å². The Morgan fingerprint density at radius 1 is 1.13 bits per heavy atom. The zero-order valence-corrected chi connectivity index (χ0v) is 13.3. The van der Waals surface area contributed by atoms with E-state index in [-0.39, 0.29) is 5.57 Å². The molecule has 0 bridgehead atoms. The highest BCUT2D eigenvalue weighted by atomic mass is 16.1. The Morgan fingerprint density at radius 2 is 1.87 bits per heavy atom. The highest BCUT2D eigenvalue weighted by molar-refractivity contribution is 5.97. The van der Waals surface area contributed by atoms with Gasteiger partial charge in [0, 0.05) is 18.4 Å². The summed E-state index contributed by atoms with van der Waals surface area (Å²) in [7, 11) is 0. The Kier molecular flexibility index (Phi) is 5.54. The Bertz CT molecular complexity index is 758. The Hall–Kier alpha value is -3.06. The maximum absolute atomic E-state index is 12.0. The van der Waals surface area contributed by atoms with Crippen LogP contribution in [0.2, 0.25) is 0 Å². The van der Waals surface area contributed by atoms with Gasteiger partial charge in [0.1, 0.15) is 11.6 Å². The first-order valence-electron chi connectivity index (χ1n) is 7.36. The van der Waals surface area contributed by atoms with Crippen molar-refractivity contribution in [2.45, 2.75) is 20.4 Å². The summed E-state index contributed by atoms with van der Waals surface area (Å²) in [6, 6.07) is 17.4. The summed E-state index contributed by atoms with van der Waals surface area (Å²) in [6.45, 7) is 4.44. The third-order valence-corrected chi connectivity index (χ3v) is 3.55.